The second-order valence-electron chi connectivity index (χ2n) is 6.05. The van der Waals surface area contributed by atoms with Gasteiger partial charge in [-0.1, -0.05) is 24.3 Å². The fraction of sp³-hybridized carbons (Fsp3) is 0.333. The third-order valence-corrected chi connectivity index (χ3v) is 4.36. The van der Waals surface area contributed by atoms with E-state index in [1.807, 2.05) is 45.0 Å². The SMILES string of the molecule is Cc1cc(C)c(C(=O)N[C@@H]2Cc3ccccc3[C@H]2N)c(C)n1. The van der Waals surface area contributed by atoms with E-state index in [0.29, 0.717) is 5.56 Å². The van der Waals surface area contributed by atoms with Gasteiger partial charge in [-0.05, 0) is 49.9 Å². The Balaban J connectivity index is 1.82. The van der Waals surface area contributed by atoms with Crippen molar-refractivity contribution < 1.29 is 4.79 Å². The average Bonchev–Trinajstić information content (AvgIpc) is 2.75. The van der Waals surface area contributed by atoms with Crippen LogP contribution in [0.4, 0.5) is 0 Å². The lowest BCUT2D eigenvalue weighted by atomic mass is 10.0. The molecular weight excluding hydrogens is 274 g/mol. The smallest absolute Gasteiger partial charge is 0.253 e. The molecule has 1 aliphatic rings. The third-order valence-electron chi connectivity index (χ3n) is 4.36. The van der Waals surface area contributed by atoms with Gasteiger partial charge in [0.25, 0.3) is 5.91 Å². The predicted octanol–water partition coefficient (Wildman–Crippen LogP) is 2.36. The van der Waals surface area contributed by atoms with Crippen LogP contribution in [0.5, 0.6) is 0 Å². The van der Waals surface area contributed by atoms with Crippen LogP contribution in [0.2, 0.25) is 0 Å². The van der Waals surface area contributed by atoms with Crippen LogP contribution in [0.25, 0.3) is 0 Å². The Kier molecular flexibility index (Phi) is 3.71. The first-order valence-corrected chi connectivity index (χ1v) is 7.56. The number of nitrogens with one attached hydrogen (secondary N) is 1. The highest BCUT2D eigenvalue weighted by Gasteiger charge is 2.31. The summed E-state index contributed by atoms with van der Waals surface area (Å²) in [5.41, 5.74) is 11.9. The Morgan fingerprint density at radius 3 is 2.68 bits per heavy atom. The minimum atomic E-state index is -0.154. The van der Waals surface area contributed by atoms with Crippen LogP contribution in [-0.2, 0) is 6.42 Å². The summed E-state index contributed by atoms with van der Waals surface area (Å²) in [5, 5.41) is 3.09. The number of benzene rings is 1. The third kappa shape index (κ3) is 2.50. The maximum atomic E-state index is 12.6. The number of carbonyl (C=O) groups excluding carboxylic acids is 1. The topological polar surface area (TPSA) is 68.0 Å². The summed E-state index contributed by atoms with van der Waals surface area (Å²) in [4.78, 5) is 17.0. The van der Waals surface area contributed by atoms with Crippen LogP contribution in [0.3, 0.4) is 0 Å². The Morgan fingerprint density at radius 2 is 2.00 bits per heavy atom. The zero-order chi connectivity index (χ0) is 15.9. The standard InChI is InChI=1S/C18H21N3O/c1-10-8-11(2)20-12(3)16(10)18(22)21-15-9-13-6-4-5-7-14(13)17(15)19/h4-8,15,17H,9,19H2,1-3H3,(H,21,22)/t15-,17-/m1/s1. The summed E-state index contributed by atoms with van der Waals surface area (Å²) in [7, 11) is 0. The van der Waals surface area contributed by atoms with Gasteiger partial charge in [0.15, 0.2) is 0 Å². The van der Waals surface area contributed by atoms with E-state index in [0.717, 1.165) is 28.9 Å². The van der Waals surface area contributed by atoms with Crippen molar-refractivity contribution in [3.8, 4) is 0 Å². The van der Waals surface area contributed by atoms with E-state index in [1.165, 1.54) is 5.56 Å². The number of fused-ring (bicyclic) bond motifs is 1. The first kappa shape index (κ1) is 14.7. The molecule has 22 heavy (non-hydrogen) atoms. The predicted molar refractivity (Wildman–Crippen MR) is 86.8 cm³/mol. The molecule has 0 radical (unpaired) electrons. The average molecular weight is 295 g/mol. The van der Waals surface area contributed by atoms with Crippen LogP contribution in [0.15, 0.2) is 30.3 Å². The number of hydrogen-bond acceptors (Lipinski definition) is 3. The number of nitrogens with zero attached hydrogens (tertiary/aromatic N) is 1. The number of rotatable bonds is 2. The summed E-state index contributed by atoms with van der Waals surface area (Å²) >= 11 is 0. The first-order valence-electron chi connectivity index (χ1n) is 7.56. The van der Waals surface area contributed by atoms with Crippen molar-refractivity contribution in [3.63, 3.8) is 0 Å². The molecule has 0 saturated carbocycles. The maximum Gasteiger partial charge on any atom is 0.253 e. The van der Waals surface area contributed by atoms with Gasteiger partial charge in [0.1, 0.15) is 0 Å². The summed E-state index contributed by atoms with van der Waals surface area (Å²) in [5.74, 6) is -0.0873. The molecule has 4 heteroatoms. The van der Waals surface area contributed by atoms with E-state index in [2.05, 4.69) is 16.4 Å². The largest absolute Gasteiger partial charge is 0.347 e. The fourth-order valence-electron chi connectivity index (χ4n) is 3.37. The van der Waals surface area contributed by atoms with Crippen LogP contribution in [0, 0.1) is 20.8 Å². The zero-order valence-electron chi connectivity index (χ0n) is 13.2. The molecular formula is C18H21N3O. The molecule has 3 N–H and O–H groups in total. The highest BCUT2D eigenvalue weighted by molar-refractivity contribution is 5.97. The lowest BCUT2D eigenvalue weighted by molar-refractivity contribution is 0.0931. The Labute approximate surface area is 130 Å². The molecule has 0 unspecified atom stereocenters. The quantitative estimate of drug-likeness (QED) is 0.893. The zero-order valence-corrected chi connectivity index (χ0v) is 13.2. The fourth-order valence-corrected chi connectivity index (χ4v) is 3.37. The molecule has 1 amide bonds. The highest BCUT2D eigenvalue weighted by atomic mass is 16.1. The molecule has 0 saturated heterocycles. The minimum Gasteiger partial charge on any atom is -0.347 e. The molecule has 2 aromatic rings. The van der Waals surface area contributed by atoms with Crippen molar-refractivity contribution in [1.29, 1.82) is 0 Å². The number of aryl methyl sites for hydroxylation is 3. The lowest BCUT2D eigenvalue weighted by Crippen LogP contribution is -2.41. The van der Waals surface area contributed by atoms with Gasteiger partial charge in [0, 0.05) is 5.69 Å². The Morgan fingerprint density at radius 1 is 1.27 bits per heavy atom. The molecule has 1 aliphatic carbocycles. The van der Waals surface area contributed by atoms with Crippen LogP contribution < -0.4 is 11.1 Å². The van der Waals surface area contributed by atoms with E-state index in [9.17, 15) is 4.79 Å². The maximum absolute atomic E-state index is 12.6. The number of hydrogen-bond donors (Lipinski definition) is 2. The summed E-state index contributed by atoms with van der Waals surface area (Å²) in [6.07, 6.45) is 0.778. The van der Waals surface area contributed by atoms with Crippen LogP contribution >= 0.6 is 0 Å². The van der Waals surface area contributed by atoms with Gasteiger partial charge in [-0.25, -0.2) is 0 Å². The summed E-state index contributed by atoms with van der Waals surface area (Å²) in [6.45, 7) is 5.75. The van der Waals surface area contributed by atoms with Crippen LogP contribution in [0.1, 0.15) is 44.5 Å². The summed E-state index contributed by atoms with van der Waals surface area (Å²) < 4.78 is 0. The molecule has 0 aliphatic heterocycles. The Bertz CT molecular complexity index is 716. The van der Waals surface area contributed by atoms with Crippen molar-refractivity contribution >= 4 is 5.91 Å². The van der Waals surface area contributed by atoms with Crippen molar-refractivity contribution in [2.45, 2.75) is 39.3 Å². The monoisotopic (exact) mass is 295 g/mol. The first-order chi connectivity index (χ1) is 10.5. The molecule has 0 spiro atoms. The number of amides is 1. The van der Waals surface area contributed by atoms with E-state index in [4.69, 9.17) is 5.73 Å². The molecule has 0 bridgehead atoms. The van der Waals surface area contributed by atoms with Crippen LogP contribution in [-0.4, -0.2) is 16.9 Å². The number of aromatic nitrogens is 1. The second kappa shape index (κ2) is 5.54. The summed E-state index contributed by atoms with van der Waals surface area (Å²) in [6, 6.07) is 9.82. The van der Waals surface area contributed by atoms with Crippen molar-refractivity contribution in [1.82, 2.24) is 10.3 Å². The van der Waals surface area contributed by atoms with Gasteiger partial charge in [-0.15, -0.1) is 0 Å². The van der Waals surface area contributed by atoms with Crippen molar-refractivity contribution in [2.75, 3.05) is 0 Å². The van der Waals surface area contributed by atoms with E-state index in [-0.39, 0.29) is 18.0 Å². The number of carbonyl (C=O) groups is 1. The van der Waals surface area contributed by atoms with Crippen molar-refractivity contribution in [3.05, 3.63) is 64.0 Å². The number of pyridine rings is 1. The minimum absolute atomic E-state index is 0.0648. The van der Waals surface area contributed by atoms with E-state index < -0.39 is 0 Å². The van der Waals surface area contributed by atoms with E-state index >= 15 is 0 Å². The highest BCUT2D eigenvalue weighted by Crippen LogP contribution is 2.29. The molecule has 2 atom stereocenters. The molecule has 0 fully saturated rings. The normalized spacial score (nSPS) is 19.8. The molecule has 4 nitrogen and oxygen atoms in total. The number of nitrogens with two attached hydrogens (primary N) is 1. The van der Waals surface area contributed by atoms with E-state index in [1.54, 1.807) is 0 Å². The molecule has 1 aromatic heterocycles. The van der Waals surface area contributed by atoms with Gasteiger partial charge in [0.05, 0.1) is 23.3 Å². The Hall–Kier alpha value is -2.20. The molecule has 3 rings (SSSR count). The molecule has 114 valence electrons. The molecule has 1 heterocycles. The van der Waals surface area contributed by atoms with Gasteiger partial charge >= 0.3 is 0 Å². The van der Waals surface area contributed by atoms with Gasteiger partial charge in [0.2, 0.25) is 0 Å². The lowest BCUT2D eigenvalue weighted by Gasteiger charge is -2.19. The van der Waals surface area contributed by atoms with Gasteiger partial charge in [-0.2, -0.15) is 0 Å². The molecule has 1 aromatic carbocycles. The van der Waals surface area contributed by atoms with Crippen molar-refractivity contribution in [2.24, 2.45) is 5.73 Å². The van der Waals surface area contributed by atoms with Gasteiger partial charge < -0.3 is 11.1 Å². The van der Waals surface area contributed by atoms with Gasteiger partial charge in [-0.3, -0.25) is 9.78 Å². The second-order valence-corrected chi connectivity index (χ2v) is 6.05.